The van der Waals surface area contributed by atoms with E-state index in [2.05, 4.69) is 26.9 Å². The van der Waals surface area contributed by atoms with Crippen LogP contribution in [0, 0.1) is 0 Å². The maximum atomic E-state index is 9.40. The number of hydrogen-bond acceptors (Lipinski definition) is 4. The van der Waals surface area contributed by atoms with Gasteiger partial charge in [0.2, 0.25) is 0 Å². The van der Waals surface area contributed by atoms with Crippen LogP contribution in [0.4, 0.5) is 0 Å². The number of hydrogen-bond donors (Lipinski definition) is 1. The van der Waals surface area contributed by atoms with Crippen molar-refractivity contribution in [2.45, 2.75) is 40.2 Å². The van der Waals surface area contributed by atoms with Crippen molar-refractivity contribution < 1.29 is 5.11 Å². The molecule has 4 nitrogen and oxygen atoms in total. The van der Waals surface area contributed by atoms with Crippen LogP contribution in [-0.4, -0.2) is 66.5 Å². The van der Waals surface area contributed by atoms with Crippen LogP contribution in [0.15, 0.2) is 28.4 Å². The Hall–Kier alpha value is -0.970. The average Bonchev–Trinajstić information content (AvgIpc) is 2.68. The van der Waals surface area contributed by atoms with Crippen LogP contribution in [0.25, 0.3) is 0 Å². The van der Waals surface area contributed by atoms with Crippen LogP contribution in [0.2, 0.25) is 0 Å². The molecule has 21 heavy (non-hydrogen) atoms. The SMILES string of the molecule is CC.CC1=CCC=C(CN2CCN(CC(C)O)CC2)C=N1. The summed E-state index contributed by atoms with van der Waals surface area (Å²) in [5.41, 5.74) is 2.42. The van der Waals surface area contributed by atoms with Crippen molar-refractivity contribution in [3.63, 3.8) is 0 Å². The second kappa shape index (κ2) is 9.87. The molecule has 0 aromatic rings. The Morgan fingerprint density at radius 3 is 2.38 bits per heavy atom. The molecule has 1 N–H and O–H groups in total. The molecule has 2 aliphatic heterocycles. The Balaban J connectivity index is 0.00000106. The molecule has 1 fully saturated rings. The maximum absolute atomic E-state index is 9.40. The van der Waals surface area contributed by atoms with Gasteiger partial charge >= 0.3 is 0 Å². The molecule has 0 bridgehead atoms. The van der Waals surface area contributed by atoms with Crippen molar-refractivity contribution in [3.05, 3.63) is 23.4 Å². The van der Waals surface area contributed by atoms with Gasteiger partial charge < -0.3 is 5.11 Å². The summed E-state index contributed by atoms with van der Waals surface area (Å²) in [5, 5.41) is 9.40. The van der Waals surface area contributed by atoms with E-state index in [0.717, 1.165) is 51.4 Å². The quantitative estimate of drug-likeness (QED) is 0.864. The molecule has 0 spiro atoms. The molecule has 4 heteroatoms. The highest BCUT2D eigenvalue weighted by molar-refractivity contribution is 5.80. The lowest BCUT2D eigenvalue weighted by molar-refractivity contribution is 0.0847. The van der Waals surface area contributed by atoms with Gasteiger partial charge in [0.15, 0.2) is 0 Å². The molecule has 120 valence electrons. The molecular formula is C17H31N3O. The zero-order valence-corrected chi connectivity index (χ0v) is 14.0. The number of nitrogens with zero attached hydrogens (tertiary/aromatic N) is 3. The first kappa shape index (κ1) is 18.1. The maximum Gasteiger partial charge on any atom is 0.0639 e. The van der Waals surface area contributed by atoms with Crippen LogP contribution < -0.4 is 0 Å². The van der Waals surface area contributed by atoms with Gasteiger partial charge in [-0.1, -0.05) is 26.0 Å². The van der Waals surface area contributed by atoms with Gasteiger partial charge in [-0.15, -0.1) is 0 Å². The minimum Gasteiger partial charge on any atom is -0.392 e. The first-order valence-corrected chi connectivity index (χ1v) is 8.16. The fourth-order valence-electron chi connectivity index (χ4n) is 2.54. The van der Waals surface area contributed by atoms with E-state index in [1.54, 1.807) is 0 Å². The summed E-state index contributed by atoms with van der Waals surface area (Å²) in [6, 6.07) is 0. The summed E-state index contributed by atoms with van der Waals surface area (Å²) in [4.78, 5) is 9.23. The van der Waals surface area contributed by atoms with Gasteiger partial charge in [-0.05, 0) is 25.8 Å². The minimum absolute atomic E-state index is 0.225. The van der Waals surface area contributed by atoms with Crippen molar-refractivity contribution >= 4 is 6.21 Å². The van der Waals surface area contributed by atoms with Gasteiger partial charge in [0.05, 0.1) is 6.10 Å². The highest BCUT2D eigenvalue weighted by atomic mass is 16.3. The summed E-state index contributed by atoms with van der Waals surface area (Å²) in [7, 11) is 0. The minimum atomic E-state index is -0.225. The topological polar surface area (TPSA) is 39.1 Å². The van der Waals surface area contributed by atoms with Crippen molar-refractivity contribution in [1.29, 1.82) is 0 Å². The van der Waals surface area contributed by atoms with Gasteiger partial charge in [-0.25, -0.2) is 0 Å². The van der Waals surface area contributed by atoms with E-state index in [4.69, 9.17) is 0 Å². The number of β-amino-alcohol motifs (C(OH)–C–C–N with tert-alkyl or cyclic N) is 1. The highest BCUT2D eigenvalue weighted by Gasteiger charge is 2.18. The van der Waals surface area contributed by atoms with E-state index in [9.17, 15) is 5.11 Å². The van der Waals surface area contributed by atoms with Crippen LogP contribution in [-0.2, 0) is 0 Å². The van der Waals surface area contributed by atoms with Crippen LogP contribution >= 0.6 is 0 Å². The highest BCUT2D eigenvalue weighted by Crippen LogP contribution is 2.10. The first-order valence-electron chi connectivity index (χ1n) is 8.16. The van der Waals surface area contributed by atoms with Gasteiger partial charge in [-0.2, -0.15) is 0 Å². The molecule has 2 heterocycles. The number of allylic oxidation sites excluding steroid dienone is 3. The lowest BCUT2D eigenvalue weighted by atomic mass is 10.2. The molecular weight excluding hydrogens is 262 g/mol. The Morgan fingerprint density at radius 2 is 1.76 bits per heavy atom. The van der Waals surface area contributed by atoms with Gasteiger partial charge in [0, 0.05) is 51.2 Å². The largest absolute Gasteiger partial charge is 0.392 e. The third kappa shape index (κ3) is 7.02. The predicted octanol–water partition coefficient (Wildman–Crippen LogP) is 2.32. The number of aliphatic hydroxyl groups is 1. The Kier molecular flexibility index (Phi) is 8.50. The molecule has 0 aromatic carbocycles. The summed E-state index contributed by atoms with van der Waals surface area (Å²) in [6.45, 7) is 13.9. The standard InChI is InChI=1S/C15H25N3O.C2H6/c1-13-4-3-5-15(10-16-13)12-18-8-6-17(7-9-18)11-14(2)19;1-2/h4-5,10,14,19H,3,6-9,11-12H2,1-2H3;1-2H3. The summed E-state index contributed by atoms with van der Waals surface area (Å²) in [5.74, 6) is 0. The molecule has 0 saturated carbocycles. The number of piperazine rings is 1. The van der Waals surface area contributed by atoms with E-state index in [-0.39, 0.29) is 6.10 Å². The fraction of sp³-hybridized carbons (Fsp3) is 0.706. The zero-order chi connectivity index (χ0) is 15.7. The van der Waals surface area contributed by atoms with E-state index in [1.807, 2.05) is 33.9 Å². The fourth-order valence-corrected chi connectivity index (χ4v) is 2.54. The summed E-state index contributed by atoms with van der Waals surface area (Å²) < 4.78 is 0. The summed E-state index contributed by atoms with van der Waals surface area (Å²) >= 11 is 0. The molecule has 0 radical (unpaired) electrons. The Bertz CT molecular complexity index is 377. The molecule has 0 aliphatic carbocycles. The lowest BCUT2D eigenvalue weighted by Gasteiger charge is -2.35. The van der Waals surface area contributed by atoms with Crippen LogP contribution in [0.5, 0.6) is 0 Å². The molecule has 2 rings (SSSR count). The van der Waals surface area contributed by atoms with Gasteiger partial charge in [0.25, 0.3) is 0 Å². The normalized spacial score (nSPS) is 21.8. The molecule has 1 atom stereocenters. The monoisotopic (exact) mass is 293 g/mol. The third-order valence-corrected chi connectivity index (χ3v) is 3.62. The first-order chi connectivity index (χ1) is 10.1. The van der Waals surface area contributed by atoms with E-state index in [0.29, 0.717) is 0 Å². The zero-order valence-electron chi connectivity index (χ0n) is 14.0. The van der Waals surface area contributed by atoms with Crippen molar-refractivity contribution in [2.24, 2.45) is 4.99 Å². The Morgan fingerprint density at radius 1 is 1.14 bits per heavy atom. The molecule has 1 unspecified atom stereocenters. The molecule has 1 saturated heterocycles. The smallest absolute Gasteiger partial charge is 0.0639 e. The number of aliphatic hydroxyl groups excluding tert-OH is 1. The van der Waals surface area contributed by atoms with Crippen LogP contribution in [0.1, 0.15) is 34.1 Å². The molecule has 0 amide bonds. The van der Waals surface area contributed by atoms with Crippen LogP contribution in [0.3, 0.4) is 0 Å². The predicted molar refractivity (Wildman–Crippen MR) is 90.9 cm³/mol. The second-order valence-corrected chi connectivity index (χ2v) is 5.54. The van der Waals surface area contributed by atoms with E-state index < -0.39 is 0 Å². The van der Waals surface area contributed by atoms with Gasteiger partial charge in [0.1, 0.15) is 0 Å². The number of rotatable bonds is 4. The van der Waals surface area contributed by atoms with Crippen molar-refractivity contribution in [2.75, 3.05) is 39.3 Å². The third-order valence-electron chi connectivity index (χ3n) is 3.62. The summed E-state index contributed by atoms with van der Waals surface area (Å²) in [6.07, 6.45) is 7.19. The molecule has 0 aromatic heterocycles. The van der Waals surface area contributed by atoms with E-state index in [1.165, 1.54) is 5.57 Å². The Labute approximate surface area is 129 Å². The second-order valence-electron chi connectivity index (χ2n) is 5.54. The average molecular weight is 293 g/mol. The van der Waals surface area contributed by atoms with Gasteiger partial charge in [-0.3, -0.25) is 14.8 Å². The lowest BCUT2D eigenvalue weighted by Crippen LogP contribution is -2.48. The van der Waals surface area contributed by atoms with Crippen molar-refractivity contribution in [3.8, 4) is 0 Å². The van der Waals surface area contributed by atoms with E-state index >= 15 is 0 Å². The van der Waals surface area contributed by atoms with Crippen molar-refractivity contribution in [1.82, 2.24) is 9.80 Å². The number of aliphatic imine (C=N–C) groups is 1. The molecule has 2 aliphatic rings.